The van der Waals surface area contributed by atoms with E-state index in [9.17, 15) is 4.79 Å². The number of nitrogens with one attached hydrogen (secondary N) is 1. The van der Waals surface area contributed by atoms with Crippen molar-refractivity contribution in [1.29, 1.82) is 0 Å². The van der Waals surface area contributed by atoms with E-state index < -0.39 is 0 Å². The van der Waals surface area contributed by atoms with E-state index >= 15 is 0 Å². The lowest BCUT2D eigenvalue weighted by Crippen LogP contribution is -2.45. The maximum Gasteiger partial charge on any atom is 0.225 e. The normalized spacial score (nSPS) is 21.1. The summed E-state index contributed by atoms with van der Waals surface area (Å²) in [5, 5.41) is 4.52. The summed E-state index contributed by atoms with van der Waals surface area (Å²) in [7, 11) is 0. The molecule has 2 aromatic rings. The number of rotatable bonds is 3. The Bertz CT molecular complexity index is 786. The Balaban J connectivity index is 1.56. The van der Waals surface area contributed by atoms with Gasteiger partial charge in [-0.3, -0.25) is 4.79 Å². The molecule has 2 aliphatic rings. The summed E-state index contributed by atoms with van der Waals surface area (Å²) in [5.41, 5.74) is 2.82. The van der Waals surface area contributed by atoms with Gasteiger partial charge in [0.05, 0.1) is 5.39 Å². The van der Waals surface area contributed by atoms with Gasteiger partial charge < -0.3 is 10.2 Å². The number of fused-ring (bicyclic) bond motifs is 1. The predicted molar refractivity (Wildman–Crippen MR) is 92.8 cm³/mol. The highest BCUT2D eigenvalue weighted by Crippen LogP contribution is 2.32. The minimum absolute atomic E-state index is 0.236. The second-order valence-electron chi connectivity index (χ2n) is 7.04. The first-order chi connectivity index (χ1) is 11.6. The Morgan fingerprint density at radius 3 is 2.88 bits per heavy atom. The van der Waals surface area contributed by atoms with Gasteiger partial charge in [0, 0.05) is 30.7 Å². The lowest BCUT2D eigenvalue weighted by molar-refractivity contribution is -0.133. The number of anilines is 1. The molecule has 2 aromatic heterocycles. The molecule has 24 heavy (non-hydrogen) atoms. The van der Waals surface area contributed by atoms with Gasteiger partial charge in [-0.25, -0.2) is 15.0 Å². The van der Waals surface area contributed by atoms with E-state index in [0.29, 0.717) is 5.91 Å². The van der Waals surface area contributed by atoms with E-state index in [1.165, 1.54) is 0 Å². The standard InChI is InChI=1S/C18H23N5O/c1-11-8-12(2)21-16-15(11)17(20-10-19-16)22-14-4-3-7-23(9-14)18(24)13-5-6-13/h8,10,13-14H,3-7,9H2,1-2H3,(H,19,20,21,22). The van der Waals surface area contributed by atoms with Crippen molar-refractivity contribution < 1.29 is 4.79 Å². The van der Waals surface area contributed by atoms with Crippen molar-refractivity contribution in [3.63, 3.8) is 0 Å². The third kappa shape index (κ3) is 2.92. The Kier molecular flexibility index (Phi) is 3.82. The van der Waals surface area contributed by atoms with Crippen LogP contribution in [0.5, 0.6) is 0 Å². The quantitative estimate of drug-likeness (QED) is 0.938. The average Bonchev–Trinajstić information content (AvgIpc) is 3.39. The summed E-state index contributed by atoms with van der Waals surface area (Å²) in [6.45, 7) is 5.69. The molecule has 1 N–H and O–H groups in total. The number of aryl methyl sites for hydroxylation is 2. The van der Waals surface area contributed by atoms with Gasteiger partial charge in [-0.15, -0.1) is 0 Å². The van der Waals surface area contributed by atoms with Crippen LogP contribution in [-0.4, -0.2) is 44.9 Å². The van der Waals surface area contributed by atoms with E-state index in [0.717, 1.165) is 66.9 Å². The highest BCUT2D eigenvalue weighted by Gasteiger charge is 2.35. The zero-order valence-electron chi connectivity index (χ0n) is 14.2. The number of hydrogen-bond donors (Lipinski definition) is 1. The Hall–Kier alpha value is -2.24. The molecule has 1 amide bonds. The van der Waals surface area contributed by atoms with Crippen LogP contribution in [0.15, 0.2) is 12.4 Å². The molecule has 126 valence electrons. The van der Waals surface area contributed by atoms with E-state index in [1.807, 2.05) is 11.8 Å². The molecule has 1 aliphatic heterocycles. The Morgan fingerprint density at radius 2 is 2.08 bits per heavy atom. The number of amides is 1. The molecule has 1 atom stereocenters. The summed E-state index contributed by atoms with van der Waals surface area (Å²) in [4.78, 5) is 27.6. The van der Waals surface area contributed by atoms with E-state index in [2.05, 4.69) is 33.3 Å². The van der Waals surface area contributed by atoms with Crippen molar-refractivity contribution in [1.82, 2.24) is 19.9 Å². The van der Waals surface area contributed by atoms with Crippen molar-refractivity contribution >= 4 is 22.8 Å². The fourth-order valence-corrected chi connectivity index (χ4v) is 3.60. The van der Waals surface area contributed by atoms with Crippen LogP contribution in [0.2, 0.25) is 0 Å². The lowest BCUT2D eigenvalue weighted by atomic mass is 10.0. The summed E-state index contributed by atoms with van der Waals surface area (Å²) in [5.74, 6) is 1.45. The minimum atomic E-state index is 0.236. The van der Waals surface area contributed by atoms with Crippen molar-refractivity contribution in [2.45, 2.75) is 45.6 Å². The predicted octanol–water partition coefficient (Wildman–Crippen LogP) is 2.45. The Labute approximate surface area is 141 Å². The summed E-state index contributed by atoms with van der Waals surface area (Å²) in [6, 6.07) is 2.29. The molecule has 6 nitrogen and oxygen atoms in total. The molecule has 2 fully saturated rings. The van der Waals surface area contributed by atoms with Crippen LogP contribution in [0, 0.1) is 19.8 Å². The molecule has 0 aromatic carbocycles. The monoisotopic (exact) mass is 325 g/mol. The number of nitrogens with zero attached hydrogens (tertiary/aromatic N) is 4. The molecule has 4 rings (SSSR count). The SMILES string of the molecule is Cc1cc(C)c2c(NC3CCCN(C(=O)C4CC4)C3)ncnc2n1. The number of aromatic nitrogens is 3. The smallest absolute Gasteiger partial charge is 0.225 e. The summed E-state index contributed by atoms with van der Waals surface area (Å²) in [6.07, 6.45) is 5.78. The molecule has 0 radical (unpaired) electrons. The fraction of sp³-hybridized carbons (Fsp3) is 0.556. The third-order valence-electron chi connectivity index (χ3n) is 4.93. The van der Waals surface area contributed by atoms with E-state index in [-0.39, 0.29) is 12.0 Å². The van der Waals surface area contributed by atoms with Gasteiger partial charge in [0.25, 0.3) is 0 Å². The van der Waals surface area contributed by atoms with Gasteiger partial charge in [-0.1, -0.05) is 0 Å². The third-order valence-corrected chi connectivity index (χ3v) is 4.93. The number of hydrogen-bond acceptors (Lipinski definition) is 5. The molecule has 1 unspecified atom stereocenters. The second-order valence-corrected chi connectivity index (χ2v) is 7.04. The summed E-state index contributed by atoms with van der Waals surface area (Å²) < 4.78 is 0. The van der Waals surface area contributed by atoms with E-state index in [1.54, 1.807) is 6.33 Å². The first kappa shape index (κ1) is 15.3. The lowest BCUT2D eigenvalue weighted by Gasteiger charge is -2.33. The van der Waals surface area contributed by atoms with Gasteiger partial charge >= 0.3 is 0 Å². The van der Waals surface area contributed by atoms with Crippen LogP contribution in [0.3, 0.4) is 0 Å². The van der Waals surface area contributed by atoms with Crippen molar-refractivity contribution in [3.8, 4) is 0 Å². The number of carbonyl (C=O) groups is 1. The second kappa shape index (κ2) is 6.00. The molecule has 3 heterocycles. The number of pyridine rings is 1. The highest BCUT2D eigenvalue weighted by atomic mass is 16.2. The maximum atomic E-state index is 12.3. The van der Waals surface area contributed by atoms with Gasteiger partial charge in [0.2, 0.25) is 5.91 Å². The Morgan fingerprint density at radius 1 is 1.25 bits per heavy atom. The van der Waals surface area contributed by atoms with Crippen molar-refractivity contribution in [2.24, 2.45) is 5.92 Å². The first-order valence-corrected chi connectivity index (χ1v) is 8.76. The van der Waals surface area contributed by atoms with Gasteiger partial charge in [-0.2, -0.15) is 0 Å². The number of likely N-dealkylation sites (tertiary alicyclic amines) is 1. The largest absolute Gasteiger partial charge is 0.365 e. The number of carbonyl (C=O) groups excluding carboxylic acids is 1. The fourth-order valence-electron chi connectivity index (χ4n) is 3.60. The molecule has 1 saturated heterocycles. The summed E-state index contributed by atoms with van der Waals surface area (Å²) >= 11 is 0. The highest BCUT2D eigenvalue weighted by molar-refractivity contribution is 5.89. The topological polar surface area (TPSA) is 71.0 Å². The van der Waals surface area contributed by atoms with Gasteiger partial charge in [-0.05, 0) is 51.2 Å². The van der Waals surface area contributed by atoms with Crippen LogP contribution in [-0.2, 0) is 4.79 Å². The van der Waals surface area contributed by atoms with Gasteiger partial charge in [0.1, 0.15) is 12.1 Å². The molecule has 0 spiro atoms. The molecular formula is C18H23N5O. The van der Waals surface area contributed by atoms with Gasteiger partial charge in [0.15, 0.2) is 5.65 Å². The van der Waals surface area contributed by atoms with Crippen LogP contribution in [0.4, 0.5) is 5.82 Å². The molecule has 1 saturated carbocycles. The van der Waals surface area contributed by atoms with Crippen LogP contribution < -0.4 is 5.32 Å². The van der Waals surface area contributed by atoms with Crippen LogP contribution in [0.1, 0.15) is 36.9 Å². The van der Waals surface area contributed by atoms with Crippen molar-refractivity contribution in [2.75, 3.05) is 18.4 Å². The van der Waals surface area contributed by atoms with Crippen molar-refractivity contribution in [3.05, 3.63) is 23.7 Å². The first-order valence-electron chi connectivity index (χ1n) is 8.76. The van der Waals surface area contributed by atoms with Crippen LogP contribution >= 0.6 is 0 Å². The number of piperidine rings is 1. The average molecular weight is 325 g/mol. The molecule has 6 heteroatoms. The van der Waals surface area contributed by atoms with E-state index in [4.69, 9.17) is 0 Å². The molecule has 1 aliphatic carbocycles. The zero-order chi connectivity index (χ0) is 16.7. The molecule has 0 bridgehead atoms. The van der Waals surface area contributed by atoms with Crippen LogP contribution in [0.25, 0.3) is 11.0 Å². The zero-order valence-corrected chi connectivity index (χ0v) is 14.2. The minimum Gasteiger partial charge on any atom is -0.365 e. The molecular weight excluding hydrogens is 302 g/mol. The maximum absolute atomic E-state index is 12.3.